The lowest BCUT2D eigenvalue weighted by Gasteiger charge is -2.07. The zero-order valence-electron chi connectivity index (χ0n) is 10.8. The van der Waals surface area contributed by atoms with Crippen LogP contribution in [0.4, 0.5) is 11.6 Å². The third-order valence-electron chi connectivity index (χ3n) is 2.40. The first-order valence-corrected chi connectivity index (χ1v) is 5.58. The number of anilines is 1. The van der Waals surface area contributed by atoms with Gasteiger partial charge >= 0.3 is 5.69 Å². The van der Waals surface area contributed by atoms with Gasteiger partial charge in [0.25, 0.3) is 0 Å². The second-order valence-corrected chi connectivity index (χ2v) is 3.76. The van der Waals surface area contributed by atoms with E-state index in [0.29, 0.717) is 0 Å². The Morgan fingerprint density at radius 3 is 2.67 bits per heavy atom. The quantitative estimate of drug-likeness (QED) is 0.661. The van der Waals surface area contributed by atoms with Gasteiger partial charge in [-0.1, -0.05) is 0 Å². The average molecular weight is 287 g/mol. The van der Waals surface area contributed by atoms with E-state index >= 15 is 0 Å². The van der Waals surface area contributed by atoms with Crippen molar-refractivity contribution in [3.05, 3.63) is 39.9 Å². The SMILES string of the molecule is COc1cc(Oc2ccc(C#N)cc2[N+](=O)[O-])nc(N)n1. The predicted molar refractivity (Wildman–Crippen MR) is 70.9 cm³/mol. The molecule has 0 unspecified atom stereocenters. The number of nitrogens with zero attached hydrogens (tertiary/aromatic N) is 4. The van der Waals surface area contributed by atoms with Crippen LogP contribution >= 0.6 is 0 Å². The molecule has 0 saturated heterocycles. The van der Waals surface area contributed by atoms with Crippen LogP contribution in [0.1, 0.15) is 5.56 Å². The smallest absolute Gasteiger partial charge is 0.312 e. The van der Waals surface area contributed by atoms with Crippen molar-refractivity contribution in [1.82, 2.24) is 9.97 Å². The third kappa shape index (κ3) is 3.13. The van der Waals surface area contributed by atoms with Crippen LogP contribution in [-0.4, -0.2) is 22.0 Å². The molecule has 0 fully saturated rings. The lowest BCUT2D eigenvalue weighted by atomic mass is 10.2. The Morgan fingerprint density at radius 2 is 2.05 bits per heavy atom. The number of hydrogen-bond donors (Lipinski definition) is 1. The van der Waals surface area contributed by atoms with Crippen molar-refractivity contribution in [3.8, 4) is 23.6 Å². The first-order valence-electron chi connectivity index (χ1n) is 5.58. The molecule has 9 heteroatoms. The second-order valence-electron chi connectivity index (χ2n) is 3.76. The molecular formula is C12H9N5O4. The summed E-state index contributed by atoms with van der Waals surface area (Å²) in [4.78, 5) is 17.9. The predicted octanol–water partition coefficient (Wildman–Crippen LogP) is 1.64. The summed E-state index contributed by atoms with van der Waals surface area (Å²) in [6.07, 6.45) is 0. The van der Waals surface area contributed by atoms with Gasteiger partial charge in [-0.25, -0.2) is 0 Å². The number of aromatic nitrogens is 2. The lowest BCUT2D eigenvalue weighted by molar-refractivity contribution is -0.385. The van der Waals surface area contributed by atoms with Crippen molar-refractivity contribution in [1.29, 1.82) is 5.26 Å². The third-order valence-corrected chi connectivity index (χ3v) is 2.40. The summed E-state index contributed by atoms with van der Waals surface area (Å²) >= 11 is 0. The minimum atomic E-state index is -0.655. The largest absolute Gasteiger partial charge is 0.481 e. The lowest BCUT2D eigenvalue weighted by Crippen LogP contribution is -2.00. The minimum absolute atomic E-state index is 0.00726. The second kappa shape index (κ2) is 5.70. The summed E-state index contributed by atoms with van der Waals surface area (Å²) in [6, 6.07) is 6.95. The number of benzene rings is 1. The Kier molecular flexibility index (Phi) is 3.80. The molecular weight excluding hydrogens is 278 g/mol. The molecule has 1 heterocycles. The fraction of sp³-hybridized carbons (Fsp3) is 0.0833. The Bertz CT molecular complexity index is 741. The summed E-state index contributed by atoms with van der Waals surface area (Å²) in [5.41, 5.74) is 5.26. The van der Waals surface area contributed by atoms with E-state index in [1.165, 1.54) is 25.3 Å². The number of nitriles is 1. The van der Waals surface area contributed by atoms with Crippen molar-refractivity contribution < 1.29 is 14.4 Å². The molecule has 0 aliphatic rings. The average Bonchev–Trinajstić information content (AvgIpc) is 2.46. The highest BCUT2D eigenvalue weighted by Crippen LogP contribution is 2.32. The Morgan fingerprint density at radius 1 is 1.33 bits per heavy atom. The van der Waals surface area contributed by atoms with E-state index < -0.39 is 4.92 Å². The van der Waals surface area contributed by atoms with Crippen LogP contribution < -0.4 is 15.2 Å². The highest BCUT2D eigenvalue weighted by Gasteiger charge is 2.18. The summed E-state index contributed by atoms with van der Waals surface area (Å²) in [5.74, 6) is -0.0132. The van der Waals surface area contributed by atoms with Crippen molar-refractivity contribution >= 4 is 11.6 Å². The summed E-state index contributed by atoms with van der Waals surface area (Å²) in [6.45, 7) is 0. The van der Waals surface area contributed by atoms with E-state index in [4.69, 9.17) is 20.5 Å². The number of nitro groups is 1. The molecule has 1 aromatic carbocycles. The van der Waals surface area contributed by atoms with Gasteiger partial charge in [-0.3, -0.25) is 10.1 Å². The van der Waals surface area contributed by atoms with Crippen molar-refractivity contribution in [2.75, 3.05) is 12.8 Å². The van der Waals surface area contributed by atoms with Crippen LogP contribution in [0.15, 0.2) is 24.3 Å². The first-order chi connectivity index (χ1) is 10.0. The molecule has 2 rings (SSSR count). The molecule has 2 N–H and O–H groups in total. The maximum Gasteiger partial charge on any atom is 0.312 e. The Balaban J connectivity index is 2.42. The number of nitrogens with two attached hydrogens (primary N) is 1. The van der Waals surface area contributed by atoms with Gasteiger partial charge in [-0.15, -0.1) is 0 Å². The number of ether oxygens (including phenoxy) is 2. The van der Waals surface area contributed by atoms with E-state index in [0.717, 1.165) is 6.07 Å². The number of hydrogen-bond acceptors (Lipinski definition) is 8. The zero-order chi connectivity index (χ0) is 15.4. The van der Waals surface area contributed by atoms with Crippen LogP contribution in [0.25, 0.3) is 0 Å². The first kappa shape index (κ1) is 14.0. The molecule has 0 spiro atoms. The molecule has 9 nitrogen and oxygen atoms in total. The highest BCUT2D eigenvalue weighted by molar-refractivity contribution is 5.53. The van der Waals surface area contributed by atoms with E-state index in [1.807, 2.05) is 6.07 Å². The minimum Gasteiger partial charge on any atom is -0.481 e. The van der Waals surface area contributed by atoms with Gasteiger partial charge in [0.05, 0.1) is 29.7 Å². The number of nitro benzene ring substituents is 1. The molecule has 21 heavy (non-hydrogen) atoms. The maximum atomic E-state index is 11.0. The van der Waals surface area contributed by atoms with Crippen molar-refractivity contribution in [2.24, 2.45) is 0 Å². The van der Waals surface area contributed by atoms with Gasteiger partial charge in [0, 0.05) is 6.07 Å². The molecule has 1 aromatic heterocycles. The van der Waals surface area contributed by atoms with Crippen molar-refractivity contribution in [3.63, 3.8) is 0 Å². The van der Waals surface area contributed by atoms with Crippen LogP contribution in [0.3, 0.4) is 0 Å². The molecule has 2 aromatic rings. The summed E-state index contributed by atoms with van der Waals surface area (Å²) in [7, 11) is 1.38. The van der Waals surface area contributed by atoms with E-state index in [-0.39, 0.29) is 34.7 Å². The molecule has 0 aliphatic heterocycles. The van der Waals surface area contributed by atoms with Gasteiger partial charge in [-0.05, 0) is 12.1 Å². The van der Waals surface area contributed by atoms with Gasteiger partial charge in [0.1, 0.15) is 0 Å². The normalized spacial score (nSPS) is 9.71. The molecule has 0 atom stereocenters. The monoisotopic (exact) mass is 287 g/mol. The number of rotatable bonds is 4. The molecule has 106 valence electrons. The molecule has 0 aliphatic carbocycles. The molecule has 0 saturated carbocycles. The standard InChI is InChI=1S/C12H9N5O4/c1-20-10-5-11(16-12(14)15-10)21-9-3-2-7(6-13)4-8(9)17(18)19/h2-5H,1H3,(H2,14,15,16). The number of nitrogen functional groups attached to an aromatic ring is 1. The molecule has 0 bridgehead atoms. The topological polar surface area (TPSA) is 137 Å². The van der Waals surface area contributed by atoms with Gasteiger partial charge in [0.15, 0.2) is 0 Å². The summed E-state index contributed by atoms with van der Waals surface area (Å²) < 4.78 is 10.2. The van der Waals surface area contributed by atoms with Gasteiger partial charge in [-0.2, -0.15) is 15.2 Å². The number of methoxy groups -OCH3 is 1. The highest BCUT2D eigenvalue weighted by atomic mass is 16.6. The van der Waals surface area contributed by atoms with Gasteiger partial charge < -0.3 is 15.2 Å². The van der Waals surface area contributed by atoms with Crippen LogP contribution in [0.5, 0.6) is 17.5 Å². The van der Waals surface area contributed by atoms with E-state index in [9.17, 15) is 10.1 Å². The Labute approximate surface area is 118 Å². The summed E-state index contributed by atoms with van der Waals surface area (Å²) in [5, 5.41) is 19.8. The fourth-order valence-electron chi connectivity index (χ4n) is 1.51. The fourth-order valence-corrected chi connectivity index (χ4v) is 1.51. The van der Waals surface area contributed by atoms with Crippen LogP contribution in [-0.2, 0) is 0 Å². The molecule has 0 radical (unpaired) electrons. The molecule has 0 amide bonds. The maximum absolute atomic E-state index is 11.0. The van der Waals surface area contributed by atoms with Crippen LogP contribution in [0, 0.1) is 21.4 Å². The van der Waals surface area contributed by atoms with Crippen molar-refractivity contribution in [2.45, 2.75) is 0 Å². The van der Waals surface area contributed by atoms with E-state index in [1.54, 1.807) is 0 Å². The van der Waals surface area contributed by atoms with Gasteiger partial charge in [0.2, 0.25) is 23.5 Å². The van der Waals surface area contributed by atoms with E-state index in [2.05, 4.69) is 9.97 Å². The van der Waals surface area contributed by atoms with Crippen LogP contribution in [0.2, 0.25) is 0 Å². The Hall–Kier alpha value is -3.41. The zero-order valence-corrected chi connectivity index (χ0v) is 10.8.